The van der Waals surface area contributed by atoms with Crippen molar-refractivity contribution in [1.29, 1.82) is 0 Å². The van der Waals surface area contributed by atoms with E-state index in [0.717, 1.165) is 52.2 Å². The summed E-state index contributed by atoms with van der Waals surface area (Å²) in [6.07, 6.45) is 4.14. The molecule has 0 aromatic carbocycles. The molecule has 3 heterocycles. The van der Waals surface area contributed by atoms with Crippen molar-refractivity contribution < 1.29 is 9.84 Å². The molecule has 118 valence electrons. The van der Waals surface area contributed by atoms with Gasteiger partial charge in [-0.05, 0) is 44.4 Å². The predicted octanol–water partition coefficient (Wildman–Crippen LogP) is 1.97. The van der Waals surface area contributed by atoms with Gasteiger partial charge in [0.2, 0.25) is 0 Å². The number of ether oxygens (including phenoxy) is 1. The summed E-state index contributed by atoms with van der Waals surface area (Å²) in [5.74, 6) is 0. The van der Waals surface area contributed by atoms with Crippen molar-refractivity contribution in [2.24, 2.45) is 0 Å². The van der Waals surface area contributed by atoms with Gasteiger partial charge in [-0.1, -0.05) is 0 Å². The predicted molar refractivity (Wildman–Crippen MR) is 87.4 cm³/mol. The van der Waals surface area contributed by atoms with Crippen molar-refractivity contribution in [2.75, 3.05) is 50.8 Å². The van der Waals surface area contributed by atoms with Gasteiger partial charge in [0.05, 0.1) is 24.3 Å². The van der Waals surface area contributed by atoms with Gasteiger partial charge in [-0.15, -0.1) is 11.3 Å². The smallest absolute Gasteiger partial charge is 0.0911 e. The molecule has 1 aromatic heterocycles. The topological polar surface area (TPSA) is 35.9 Å². The molecule has 0 saturated carbocycles. The van der Waals surface area contributed by atoms with Crippen molar-refractivity contribution in [3.8, 4) is 0 Å². The van der Waals surface area contributed by atoms with E-state index in [4.69, 9.17) is 4.74 Å². The number of morpholine rings is 1. The fourth-order valence-electron chi connectivity index (χ4n) is 3.06. The number of nitrogens with zero attached hydrogens (tertiary/aromatic N) is 2. The third kappa shape index (κ3) is 4.42. The van der Waals surface area contributed by atoms with Crippen LogP contribution in [-0.4, -0.2) is 62.0 Å². The Bertz CT molecular complexity index is 424. The Balaban J connectivity index is 1.42. The quantitative estimate of drug-likeness (QED) is 0.902. The second-order valence-corrected chi connectivity index (χ2v) is 7.16. The van der Waals surface area contributed by atoms with Crippen molar-refractivity contribution >= 4 is 16.3 Å². The molecule has 1 N–H and O–H groups in total. The number of hydrogen-bond acceptors (Lipinski definition) is 5. The van der Waals surface area contributed by atoms with Crippen molar-refractivity contribution in [3.63, 3.8) is 0 Å². The lowest BCUT2D eigenvalue weighted by atomic mass is 10.1. The van der Waals surface area contributed by atoms with Gasteiger partial charge in [0, 0.05) is 31.1 Å². The zero-order valence-electron chi connectivity index (χ0n) is 12.7. The summed E-state index contributed by atoms with van der Waals surface area (Å²) in [7, 11) is 0. The number of piperidine rings is 1. The Morgan fingerprint density at radius 3 is 2.67 bits per heavy atom. The SMILES string of the molecule is OC1CCN(c2ccc(CCCN3CCOCC3)s2)CC1. The average molecular weight is 310 g/mol. The van der Waals surface area contributed by atoms with Gasteiger partial charge < -0.3 is 14.7 Å². The third-order valence-corrected chi connectivity index (χ3v) is 5.63. The number of anilines is 1. The lowest BCUT2D eigenvalue weighted by Gasteiger charge is -2.30. The molecule has 5 heteroatoms. The molecule has 0 atom stereocenters. The molecule has 2 aliphatic heterocycles. The average Bonchev–Trinajstić information content (AvgIpc) is 2.98. The first-order chi connectivity index (χ1) is 10.3. The maximum absolute atomic E-state index is 9.58. The minimum absolute atomic E-state index is 0.0887. The summed E-state index contributed by atoms with van der Waals surface area (Å²) in [6, 6.07) is 4.54. The van der Waals surface area contributed by atoms with Crippen LogP contribution in [0.4, 0.5) is 5.00 Å². The molecule has 21 heavy (non-hydrogen) atoms. The zero-order valence-corrected chi connectivity index (χ0v) is 13.5. The summed E-state index contributed by atoms with van der Waals surface area (Å²) in [6.45, 7) is 7.14. The summed E-state index contributed by atoms with van der Waals surface area (Å²) in [4.78, 5) is 6.41. The minimum atomic E-state index is -0.0887. The van der Waals surface area contributed by atoms with Crippen molar-refractivity contribution in [3.05, 3.63) is 17.0 Å². The zero-order chi connectivity index (χ0) is 14.5. The van der Waals surface area contributed by atoms with E-state index < -0.39 is 0 Å². The minimum Gasteiger partial charge on any atom is -0.393 e. The van der Waals surface area contributed by atoms with Gasteiger partial charge in [-0.2, -0.15) is 0 Å². The Labute approximate surface area is 131 Å². The summed E-state index contributed by atoms with van der Waals surface area (Å²) in [5.41, 5.74) is 0. The lowest BCUT2D eigenvalue weighted by molar-refractivity contribution is 0.0375. The van der Waals surface area contributed by atoms with Crippen LogP contribution in [0.15, 0.2) is 12.1 Å². The molecular weight excluding hydrogens is 284 g/mol. The summed E-state index contributed by atoms with van der Waals surface area (Å²) in [5, 5.41) is 11.0. The number of rotatable bonds is 5. The van der Waals surface area contributed by atoms with E-state index in [1.54, 1.807) is 0 Å². The Hall–Kier alpha value is -0.620. The van der Waals surface area contributed by atoms with E-state index >= 15 is 0 Å². The highest BCUT2D eigenvalue weighted by Gasteiger charge is 2.18. The highest BCUT2D eigenvalue weighted by molar-refractivity contribution is 7.16. The van der Waals surface area contributed by atoms with Gasteiger partial charge in [0.25, 0.3) is 0 Å². The molecule has 0 spiro atoms. The van der Waals surface area contributed by atoms with Crippen molar-refractivity contribution in [1.82, 2.24) is 4.90 Å². The van der Waals surface area contributed by atoms with Crippen LogP contribution in [0.25, 0.3) is 0 Å². The third-order valence-electron chi connectivity index (χ3n) is 4.42. The van der Waals surface area contributed by atoms with Crippen LogP contribution in [0.5, 0.6) is 0 Å². The van der Waals surface area contributed by atoms with E-state index in [0.29, 0.717) is 0 Å². The van der Waals surface area contributed by atoms with E-state index in [-0.39, 0.29) is 6.10 Å². The van der Waals surface area contributed by atoms with Crippen LogP contribution < -0.4 is 4.90 Å². The number of hydrogen-bond donors (Lipinski definition) is 1. The molecule has 2 fully saturated rings. The molecule has 4 nitrogen and oxygen atoms in total. The van der Waals surface area contributed by atoms with E-state index in [1.165, 1.54) is 29.3 Å². The molecule has 0 aliphatic carbocycles. The highest BCUT2D eigenvalue weighted by atomic mass is 32.1. The van der Waals surface area contributed by atoms with Crippen LogP contribution in [0.2, 0.25) is 0 Å². The van der Waals surface area contributed by atoms with E-state index in [2.05, 4.69) is 21.9 Å². The first kappa shape index (κ1) is 15.3. The molecule has 2 saturated heterocycles. The molecule has 0 radical (unpaired) electrons. The second kappa shape index (κ2) is 7.58. The lowest BCUT2D eigenvalue weighted by Crippen LogP contribution is -2.36. The van der Waals surface area contributed by atoms with Crippen molar-refractivity contribution in [2.45, 2.75) is 31.8 Å². The van der Waals surface area contributed by atoms with Gasteiger partial charge >= 0.3 is 0 Å². The van der Waals surface area contributed by atoms with E-state index in [1.807, 2.05) is 11.3 Å². The molecule has 0 bridgehead atoms. The van der Waals surface area contributed by atoms with Gasteiger partial charge in [-0.25, -0.2) is 0 Å². The first-order valence-electron chi connectivity index (χ1n) is 8.13. The summed E-state index contributed by atoms with van der Waals surface area (Å²) < 4.78 is 5.38. The van der Waals surface area contributed by atoms with Crippen LogP contribution in [0.1, 0.15) is 24.1 Å². The maximum Gasteiger partial charge on any atom is 0.0911 e. The normalized spacial score (nSPS) is 21.9. The highest BCUT2D eigenvalue weighted by Crippen LogP contribution is 2.29. The standard InChI is InChI=1S/C16H26N2O2S/c19-14-5-8-18(9-6-14)16-4-3-15(21-16)2-1-7-17-10-12-20-13-11-17/h3-4,14,19H,1-2,5-13H2. The van der Waals surface area contributed by atoms with Crippen LogP contribution in [-0.2, 0) is 11.2 Å². The molecule has 0 unspecified atom stereocenters. The van der Waals surface area contributed by atoms with Crippen LogP contribution in [0.3, 0.4) is 0 Å². The number of aryl methyl sites for hydroxylation is 1. The van der Waals surface area contributed by atoms with Gasteiger partial charge in [0.1, 0.15) is 0 Å². The Morgan fingerprint density at radius 2 is 1.90 bits per heavy atom. The number of aliphatic hydroxyl groups is 1. The molecule has 0 amide bonds. The molecule has 1 aromatic rings. The summed E-state index contributed by atoms with van der Waals surface area (Å²) >= 11 is 1.93. The molecule has 3 rings (SSSR count). The molecular formula is C16H26N2O2S. The fraction of sp³-hybridized carbons (Fsp3) is 0.750. The van der Waals surface area contributed by atoms with E-state index in [9.17, 15) is 5.11 Å². The van der Waals surface area contributed by atoms with Crippen LogP contribution in [0, 0.1) is 0 Å². The molecule has 2 aliphatic rings. The largest absolute Gasteiger partial charge is 0.393 e. The maximum atomic E-state index is 9.58. The Kier molecular flexibility index (Phi) is 5.52. The fourth-order valence-corrected chi connectivity index (χ4v) is 4.16. The second-order valence-electron chi connectivity index (χ2n) is 6.02. The Morgan fingerprint density at radius 1 is 1.14 bits per heavy atom. The number of aliphatic hydroxyl groups excluding tert-OH is 1. The van der Waals surface area contributed by atoms with Gasteiger partial charge in [0.15, 0.2) is 0 Å². The first-order valence-corrected chi connectivity index (χ1v) is 8.95. The van der Waals surface area contributed by atoms with Crippen LogP contribution >= 0.6 is 11.3 Å². The monoisotopic (exact) mass is 310 g/mol. The number of thiophene rings is 1. The van der Waals surface area contributed by atoms with Gasteiger partial charge in [-0.3, -0.25) is 4.90 Å².